The van der Waals surface area contributed by atoms with Gasteiger partial charge in [0.2, 0.25) is 11.9 Å². The van der Waals surface area contributed by atoms with E-state index in [1.807, 2.05) is 13.8 Å². The van der Waals surface area contributed by atoms with Crippen LogP contribution >= 0.6 is 0 Å². The molecule has 10 nitrogen and oxygen atoms in total. The molecule has 0 aliphatic carbocycles. The number of para-hydroxylation sites is 1. The SMILES string of the molecule is COC(=O)NC(N)=Nc1cc(S(=O)(=O)Oc2ccccc2)ccc1NC(=O)CCC(C)C. The zero-order valence-corrected chi connectivity index (χ0v) is 18.8. The van der Waals surface area contributed by atoms with Gasteiger partial charge in [-0.2, -0.15) is 8.42 Å². The van der Waals surface area contributed by atoms with E-state index in [0.717, 1.165) is 7.11 Å². The first kappa shape index (κ1) is 24.7. The molecule has 0 saturated heterocycles. The Bertz CT molecular complexity index is 1080. The summed E-state index contributed by atoms with van der Waals surface area (Å²) in [6, 6.07) is 11.8. The molecule has 0 unspecified atom stereocenters. The summed E-state index contributed by atoms with van der Waals surface area (Å²) in [5.41, 5.74) is 5.93. The minimum absolute atomic E-state index is 0.00883. The molecular weight excluding hydrogens is 436 g/mol. The van der Waals surface area contributed by atoms with Gasteiger partial charge in [-0.1, -0.05) is 32.0 Å². The van der Waals surface area contributed by atoms with E-state index in [4.69, 9.17) is 9.92 Å². The Labute approximate surface area is 186 Å². The largest absolute Gasteiger partial charge is 0.453 e. The Balaban J connectivity index is 2.38. The number of ether oxygens (including phenoxy) is 1. The van der Waals surface area contributed by atoms with Crippen molar-refractivity contribution in [3.8, 4) is 5.75 Å². The van der Waals surface area contributed by atoms with Crippen molar-refractivity contribution in [1.29, 1.82) is 0 Å². The molecule has 32 heavy (non-hydrogen) atoms. The maximum absolute atomic E-state index is 12.7. The van der Waals surface area contributed by atoms with Crippen LogP contribution in [-0.2, 0) is 19.6 Å². The van der Waals surface area contributed by atoms with Gasteiger partial charge in [0.05, 0.1) is 18.5 Å². The fraction of sp³-hybridized carbons (Fsp3) is 0.286. The summed E-state index contributed by atoms with van der Waals surface area (Å²) in [6.45, 7) is 3.99. The highest BCUT2D eigenvalue weighted by molar-refractivity contribution is 7.87. The minimum Gasteiger partial charge on any atom is -0.453 e. The molecule has 2 aromatic rings. The summed E-state index contributed by atoms with van der Waals surface area (Å²) in [5, 5.41) is 4.86. The first-order valence-corrected chi connectivity index (χ1v) is 11.1. The first-order valence-electron chi connectivity index (χ1n) is 9.73. The monoisotopic (exact) mass is 462 g/mol. The van der Waals surface area contributed by atoms with Crippen LogP contribution in [0, 0.1) is 5.92 Å². The van der Waals surface area contributed by atoms with Crippen molar-refractivity contribution in [2.24, 2.45) is 16.6 Å². The van der Waals surface area contributed by atoms with E-state index in [1.54, 1.807) is 18.2 Å². The zero-order chi connectivity index (χ0) is 23.7. The fourth-order valence-electron chi connectivity index (χ4n) is 2.46. The average Bonchev–Trinajstić information content (AvgIpc) is 2.73. The lowest BCUT2D eigenvalue weighted by atomic mass is 10.1. The number of hydrogen-bond donors (Lipinski definition) is 3. The van der Waals surface area contributed by atoms with E-state index in [1.165, 1.54) is 30.3 Å². The minimum atomic E-state index is -4.20. The number of carbonyl (C=O) groups is 2. The molecular formula is C21H26N4O6S. The standard InChI is InChI=1S/C21H26N4O6S/c1-14(2)9-12-19(26)23-17-11-10-16(13-18(17)24-20(22)25-21(27)30-3)32(28,29)31-15-7-5-4-6-8-15/h4-8,10-11,13-14H,9,12H2,1-3H3,(H,23,26)(H3,22,24,25,27). The molecule has 0 aromatic heterocycles. The number of nitrogens with one attached hydrogen (secondary N) is 2. The van der Waals surface area contributed by atoms with Gasteiger partial charge in [-0.3, -0.25) is 10.1 Å². The maximum atomic E-state index is 12.7. The molecule has 0 heterocycles. The topological polar surface area (TPSA) is 149 Å². The lowest BCUT2D eigenvalue weighted by Crippen LogP contribution is -2.36. The van der Waals surface area contributed by atoms with E-state index in [0.29, 0.717) is 12.3 Å². The second-order valence-corrected chi connectivity index (χ2v) is 8.67. The summed E-state index contributed by atoms with van der Waals surface area (Å²) < 4.78 is 35.0. The predicted molar refractivity (Wildman–Crippen MR) is 120 cm³/mol. The van der Waals surface area contributed by atoms with Gasteiger partial charge in [-0.25, -0.2) is 9.79 Å². The van der Waals surface area contributed by atoms with Crippen LogP contribution in [0.4, 0.5) is 16.2 Å². The van der Waals surface area contributed by atoms with Crippen molar-refractivity contribution in [1.82, 2.24) is 5.32 Å². The number of rotatable bonds is 8. The third kappa shape index (κ3) is 7.58. The number of carbonyl (C=O) groups excluding carboxylic acids is 2. The van der Waals surface area contributed by atoms with Crippen LogP contribution in [0.3, 0.4) is 0 Å². The van der Waals surface area contributed by atoms with Crippen LogP contribution in [0.5, 0.6) is 5.75 Å². The second kappa shape index (κ2) is 11.1. The molecule has 0 aliphatic rings. The van der Waals surface area contributed by atoms with Gasteiger partial charge in [-0.15, -0.1) is 0 Å². The number of methoxy groups -OCH3 is 1. The highest BCUT2D eigenvalue weighted by atomic mass is 32.2. The molecule has 0 saturated carbocycles. The molecule has 2 rings (SSSR count). The van der Waals surface area contributed by atoms with Gasteiger partial charge in [0.25, 0.3) is 0 Å². The molecule has 4 N–H and O–H groups in total. The molecule has 172 valence electrons. The molecule has 2 aromatic carbocycles. The molecule has 2 amide bonds. The molecule has 0 radical (unpaired) electrons. The Morgan fingerprint density at radius 1 is 1.12 bits per heavy atom. The van der Waals surface area contributed by atoms with E-state index >= 15 is 0 Å². The Morgan fingerprint density at radius 3 is 2.44 bits per heavy atom. The third-order valence-electron chi connectivity index (χ3n) is 4.09. The first-order chi connectivity index (χ1) is 15.1. The van der Waals surface area contributed by atoms with Crippen molar-refractivity contribution in [2.75, 3.05) is 12.4 Å². The van der Waals surface area contributed by atoms with Crippen LogP contribution in [0.2, 0.25) is 0 Å². The number of nitrogens with two attached hydrogens (primary N) is 1. The number of aliphatic imine (C=N–C) groups is 1. The molecule has 0 atom stereocenters. The molecule has 0 aliphatic heterocycles. The summed E-state index contributed by atoms with van der Waals surface area (Å²) in [7, 11) is -3.05. The van der Waals surface area contributed by atoms with Crippen molar-refractivity contribution < 1.29 is 26.9 Å². The van der Waals surface area contributed by atoms with Crippen molar-refractivity contribution in [3.05, 3.63) is 48.5 Å². The predicted octanol–water partition coefficient (Wildman–Crippen LogP) is 3.13. The van der Waals surface area contributed by atoms with Gasteiger partial charge in [-0.05, 0) is 42.7 Å². The van der Waals surface area contributed by atoms with Crippen LogP contribution in [0.1, 0.15) is 26.7 Å². The Hall–Kier alpha value is -3.60. The number of amides is 2. The van der Waals surface area contributed by atoms with E-state index < -0.39 is 16.2 Å². The Morgan fingerprint density at radius 2 is 1.81 bits per heavy atom. The number of anilines is 1. The summed E-state index contributed by atoms with van der Waals surface area (Å²) in [6.07, 6.45) is 0.0896. The van der Waals surface area contributed by atoms with Crippen molar-refractivity contribution in [2.45, 2.75) is 31.6 Å². The summed E-state index contributed by atoms with van der Waals surface area (Å²) >= 11 is 0. The van der Waals surface area contributed by atoms with Gasteiger partial charge < -0.3 is 20.0 Å². The quantitative estimate of drug-likeness (QED) is 0.310. The van der Waals surface area contributed by atoms with Crippen LogP contribution in [0.15, 0.2) is 58.4 Å². The molecule has 0 bridgehead atoms. The fourth-order valence-corrected chi connectivity index (χ4v) is 3.41. The number of alkyl carbamates (subject to hydrolysis) is 1. The molecule has 0 fully saturated rings. The van der Waals surface area contributed by atoms with Gasteiger partial charge in [0.1, 0.15) is 10.6 Å². The lowest BCUT2D eigenvalue weighted by Gasteiger charge is -2.13. The normalized spacial score (nSPS) is 11.7. The van der Waals surface area contributed by atoms with Gasteiger partial charge in [0, 0.05) is 6.42 Å². The van der Waals surface area contributed by atoms with Crippen molar-refractivity contribution >= 4 is 39.5 Å². The third-order valence-corrected chi connectivity index (χ3v) is 5.33. The van der Waals surface area contributed by atoms with E-state index in [9.17, 15) is 18.0 Å². The van der Waals surface area contributed by atoms with Gasteiger partial charge >= 0.3 is 16.2 Å². The smallest absolute Gasteiger partial charge is 0.413 e. The number of nitrogens with zero attached hydrogens (tertiary/aromatic N) is 1. The summed E-state index contributed by atoms with van der Waals surface area (Å²) in [5.74, 6) is -0.157. The summed E-state index contributed by atoms with van der Waals surface area (Å²) in [4.78, 5) is 27.5. The second-order valence-electron chi connectivity index (χ2n) is 7.12. The highest BCUT2D eigenvalue weighted by Crippen LogP contribution is 2.30. The Kier molecular flexibility index (Phi) is 8.59. The number of guanidine groups is 1. The zero-order valence-electron chi connectivity index (χ0n) is 18.0. The van der Waals surface area contributed by atoms with Crippen molar-refractivity contribution in [3.63, 3.8) is 0 Å². The molecule has 0 spiro atoms. The van der Waals surface area contributed by atoms with E-state index in [-0.39, 0.29) is 40.3 Å². The molecule has 11 heteroatoms. The lowest BCUT2D eigenvalue weighted by molar-refractivity contribution is -0.116. The maximum Gasteiger partial charge on any atom is 0.413 e. The average molecular weight is 463 g/mol. The van der Waals surface area contributed by atoms with Crippen LogP contribution in [0.25, 0.3) is 0 Å². The van der Waals surface area contributed by atoms with E-state index in [2.05, 4.69) is 20.4 Å². The van der Waals surface area contributed by atoms with Crippen LogP contribution in [-0.4, -0.2) is 33.5 Å². The number of benzene rings is 2. The highest BCUT2D eigenvalue weighted by Gasteiger charge is 2.20. The van der Waals surface area contributed by atoms with Gasteiger partial charge in [0.15, 0.2) is 0 Å². The van der Waals surface area contributed by atoms with Crippen LogP contribution < -0.4 is 20.6 Å². The number of hydrogen-bond acceptors (Lipinski definition) is 7.